The number of methoxy groups -OCH3 is 1. The molecule has 25 heavy (non-hydrogen) atoms. The van der Waals surface area contributed by atoms with Gasteiger partial charge < -0.3 is 9.64 Å². The van der Waals surface area contributed by atoms with Crippen molar-refractivity contribution in [3.8, 4) is 0 Å². The molecule has 4 heterocycles. The number of thiophene rings is 1. The van der Waals surface area contributed by atoms with Crippen LogP contribution in [-0.2, 0) is 11.3 Å². The summed E-state index contributed by atoms with van der Waals surface area (Å²) < 4.78 is 5.59. The molecule has 2 saturated heterocycles. The maximum Gasteiger partial charge on any atom is 0.225 e. The van der Waals surface area contributed by atoms with E-state index in [0.29, 0.717) is 11.3 Å². The zero-order chi connectivity index (χ0) is 17.1. The van der Waals surface area contributed by atoms with Crippen molar-refractivity contribution in [1.29, 1.82) is 0 Å². The lowest BCUT2D eigenvalue weighted by Crippen LogP contribution is -2.45. The Morgan fingerprint density at radius 2 is 2.08 bits per heavy atom. The number of ether oxygens (including phenoxy) is 1. The lowest BCUT2D eigenvalue weighted by molar-refractivity contribution is 0.0760. The van der Waals surface area contributed by atoms with Gasteiger partial charge in [0.15, 0.2) is 0 Å². The van der Waals surface area contributed by atoms with Gasteiger partial charge in [-0.25, -0.2) is 9.97 Å². The third-order valence-corrected chi connectivity index (χ3v) is 6.56. The summed E-state index contributed by atoms with van der Waals surface area (Å²) in [6.07, 6.45) is 6.05. The van der Waals surface area contributed by atoms with Crippen LogP contribution in [0, 0.1) is 11.3 Å². The summed E-state index contributed by atoms with van der Waals surface area (Å²) in [6, 6.07) is 4.12. The Bertz CT molecular complexity index is 655. The molecule has 6 heteroatoms. The summed E-state index contributed by atoms with van der Waals surface area (Å²) in [6.45, 7) is 6.33. The van der Waals surface area contributed by atoms with Gasteiger partial charge in [0.1, 0.15) is 0 Å². The van der Waals surface area contributed by atoms with E-state index in [4.69, 9.17) is 4.74 Å². The van der Waals surface area contributed by atoms with Crippen LogP contribution in [-0.4, -0.2) is 54.8 Å². The van der Waals surface area contributed by atoms with Crippen LogP contribution in [0.25, 0.3) is 0 Å². The van der Waals surface area contributed by atoms with E-state index in [1.54, 1.807) is 11.3 Å². The van der Waals surface area contributed by atoms with Crippen LogP contribution in [0.2, 0.25) is 0 Å². The lowest BCUT2D eigenvalue weighted by atomic mass is 9.71. The Kier molecular flexibility index (Phi) is 5.01. The molecule has 2 aromatic heterocycles. The molecule has 0 radical (unpaired) electrons. The Hall–Kier alpha value is -1.50. The first-order chi connectivity index (χ1) is 12.3. The third kappa shape index (κ3) is 3.57. The molecular formula is C19H26N4OS. The van der Waals surface area contributed by atoms with Gasteiger partial charge in [-0.3, -0.25) is 4.90 Å². The third-order valence-electron chi connectivity index (χ3n) is 5.83. The van der Waals surface area contributed by atoms with Crippen molar-refractivity contribution < 1.29 is 4.74 Å². The molecule has 1 atom stereocenters. The second-order valence-corrected chi connectivity index (χ2v) is 8.13. The van der Waals surface area contributed by atoms with E-state index in [0.717, 1.165) is 38.7 Å². The van der Waals surface area contributed by atoms with Crippen LogP contribution < -0.4 is 4.90 Å². The summed E-state index contributed by atoms with van der Waals surface area (Å²) in [5, 5.41) is 4.44. The molecule has 1 spiro atoms. The van der Waals surface area contributed by atoms with Gasteiger partial charge in [0.25, 0.3) is 0 Å². The van der Waals surface area contributed by atoms with Crippen LogP contribution in [0.1, 0.15) is 18.4 Å². The molecule has 0 amide bonds. The molecule has 0 aromatic carbocycles. The zero-order valence-corrected chi connectivity index (χ0v) is 15.6. The van der Waals surface area contributed by atoms with Gasteiger partial charge in [-0.15, -0.1) is 0 Å². The number of nitrogens with zero attached hydrogens (tertiary/aromatic N) is 4. The standard InChI is InChI=1S/C19H26N4OS/c1-24-13-17-12-22(11-16-3-10-25-14-16)15-19(17)4-8-23(9-5-19)18-20-6-2-7-21-18/h2-3,6-7,10,14,17H,4-5,8-9,11-13,15H2,1H3. The average molecular weight is 359 g/mol. The molecule has 0 bridgehead atoms. The highest BCUT2D eigenvalue weighted by Gasteiger charge is 2.47. The molecule has 2 aliphatic heterocycles. The Morgan fingerprint density at radius 3 is 2.76 bits per heavy atom. The minimum absolute atomic E-state index is 0.372. The maximum absolute atomic E-state index is 5.59. The van der Waals surface area contributed by atoms with Crippen molar-refractivity contribution in [2.45, 2.75) is 19.4 Å². The highest BCUT2D eigenvalue weighted by Crippen LogP contribution is 2.45. The molecule has 134 valence electrons. The van der Waals surface area contributed by atoms with E-state index in [-0.39, 0.29) is 0 Å². The van der Waals surface area contributed by atoms with Crippen molar-refractivity contribution in [2.24, 2.45) is 11.3 Å². The Labute approximate surface area is 153 Å². The van der Waals surface area contributed by atoms with Gasteiger partial charge >= 0.3 is 0 Å². The summed E-state index contributed by atoms with van der Waals surface area (Å²) in [7, 11) is 1.84. The Balaban J connectivity index is 1.44. The number of piperidine rings is 1. The number of anilines is 1. The topological polar surface area (TPSA) is 41.5 Å². The van der Waals surface area contributed by atoms with Crippen LogP contribution in [0.5, 0.6) is 0 Å². The molecule has 2 fully saturated rings. The maximum atomic E-state index is 5.59. The Morgan fingerprint density at radius 1 is 1.28 bits per heavy atom. The molecule has 2 aromatic rings. The van der Waals surface area contributed by atoms with Crippen molar-refractivity contribution in [3.63, 3.8) is 0 Å². The van der Waals surface area contributed by atoms with Crippen LogP contribution >= 0.6 is 11.3 Å². The smallest absolute Gasteiger partial charge is 0.225 e. The highest BCUT2D eigenvalue weighted by atomic mass is 32.1. The molecule has 0 N–H and O–H groups in total. The van der Waals surface area contributed by atoms with E-state index >= 15 is 0 Å². The molecule has 1 unspecified atom stereocenters. The number of rotatable bonds is 5. The number of aromatic nitrogens is 2. The van der Waals surface area contributed by atoms with E-state index in [1.165, 1.54) is 24.9 Å². The summed E-state index contributed by atoms with van der Waals surface area (Å²) in [4.78, 5) is 13.8. The van der Waals surface area contributed by atoms with Gasteiger partial charge in [-0.2, -0.15) is 11.3 Å². The highest BCUT2D eigenvalue weighted by molar-refractivity contribution is 7.07. The van der Waals surface area contributed by atoms with Crippen molar-refractivity contribution >= 4 is 17.3 Å². The average Bonchev–Trinajstić information content (AvgIpc) is 3.26. The number of likely N-dealkylation sites (tertiary alicyclic amines) is 1. The van der Waals surface area contributed by atoms with Crippen molar-refractivity contribution in [3.05, 3.63) is 40.8 Å². The fourth-order valence-electron chi connectivity index (χ4n) is 4.51. The van der Waals surface area contributed by atoms with Gasteiger partial charge in [0.05, 0.1) is 6.61 Å². The van der Waals surface area contributed by atoms with Gasteiger partial charge in [0, 0.05) is 58.1 Å². The van der Waals surface area contributed by atoms with Crippen LogP contribution in [0.15, 0.2) is 35.3 Å². The summed E-state index contributed by atoms with van der Waals surface area (Å²) in [5.41, 5.74) is 1.81. The fourth-order valence-corrected chi connectivity index (χ4v) is 5.17. The van der Waals surface area contributed by atoms with Gasteiger partial charge in [0.2, 0.25) is 5.95 Å². The van der Waals surface area contributed by atoms with E-state index in [1.807, 2.05) is 25.6 Å². The summed E-state index contributed by atoms with van der Waals surface area (Å²) in [5.74, 6) is 1.49. The second kappa shape index (κ2) is 7.40. The van der Waals surface area contributed by atoms with Crippen molar-refractivity contribution in [1.82, 2.24) is 14.9 Å². The predicted octanol–water partition coefficient (Wildman–Crippen LogP) is 2.90. The first-order valence-corrected chi connectivity index (χ1v) is 9.98. The van der Waals surface area contributed by atoms with E-state index < -0.39 is 0 Å². The largest absolute Gasteiger partial charge is 0.384 e. The first kappa shape index (κ1) is 16.9. The quantitative estimate of drug-likeness (QED) is 0.822. The monoisotopic (exact) mass is 358 g/mol. The fraction of sp³-hybridized carbons (Fsp3) is 0.579. The van der Waals surface area contributed by atoms with E-state index in [9.17, 15) is 0 Å². The predicted molar refractivity (Wildman–Crippen MR) is 101 cm³/mol. The minimum Gasteiger partial charge on any atom is -0.384 e. The molecule has 0 aliphatic carbocycles. The second-order valence-electron chi connectivity index (χ2n) is 7.35. The van der Waals surface area contributed by atoms with Crippen LogP contribution in [0.3, 0.4) is 0 Å². The number of hydrogen-bond donors (Lipinski definition) is 0. The van der Waals surface area contributed by atoms with Gasteiger partial charge in [-0.1, -0.05) is 0 Å². The lowest BCUT2D eigenvalue weighted by Gasteiger charge is -2.42. The minimum atomic E-state index is 0.372. The normalized spacial score (nSPS) is 23.4. The summed E-state index contributed by atoms with van der Waals surface area (Å²) >= 11 is 1.79. The molecule has 4 rings (SSSR count). The zero-order valence-electron chi connectivity index (χ0n) is 14.8. The molecule has 0 saturated carbocycles. The molecular weight excluding hydrogens is 332 g/mol. The van der Waals surface area contributed by atoms with Gasteiger partial charge in [-0.05, 0) is 46.7 Å². The molecule has 2 aliphatic rings. The number of hydrogen-bond acceptors (Lipinski definition) is 6. The van der Waals surface area contributed by atoms with Crippen LogP contribution in [0.4, 0.5) is 5.95 Å². The SMILES string of the molecule is COCC1CN(Cc2ccsc2)CC12CCN(c1ncccn1)CC2. The molecule has 5 nitrogen and oxygen atoms in total. The van der Waals surface area contributed by atoms with Crippen molar-refractivity contribution in [2.75, 3.05) is 44.8 Å². The first-order valence-electron chi connectivity index (χ1n) is 9.03. The van der Waals surface area contributed by atoms with E-state index in [2.05, 4.69) is 36.6 Å².